The lowest BCUT2D eigenvalue weighted by Gasteiger charge is -2.41. The van der Waals surface area contributed by atoms with Crippen LogP contribution in [-0.2, 0) is 4.79 Å². The minimum absolute atomic E-state index is 0.0571. The molecule has 6 nitrogen and oxygen atoms in total. The zero-order valence-corrected chi connectivity index (χ0v) is 13.4. The third-order valence-electron chi connectivity index (χ3n) is 4.19. The van der Waals surface area contributed by atoms with Crippen LogP contribution in [0.4, 0.5) is 4.39 Å². The molecule has 1 saturated heterocycles. The van der Waals surface area contributed by atoms with Gasteiger partial charge < -0.3 is 10.2 Å². The van der Waals surface area contributed by atoms with Crippen LogP contribution < -0.4 is 5.32 Å². The number of halogens is 1. The van der Waals surface area contributed by atoms with Gasteiger partial charge in [-0.05, 0) is 31.5 Å². The van der Waals surface area contributed by atoms with Gasteiger partial charge >= 0.3 is 0 Å². The van der Waals surface area contributed by atoms with E-state index in [-0.39, 0.29) is 11.5 Å². The Balaban J connectivity index is 1.92. The SMILES string of the molecule is CC1(C)C(=O)NCCN1C(=O)c1ccc(-c2cncnc2)cc1F. The molecule has 24 heavy (non-hydrogen) atoms. The van der Waals surface area contributed by atoms with Gasteiger partial charge in [-0.25, -0.2) is 14.4 Å². The van der Waals surface area contributed by atoms with Crippen LogP contribution in [0.2, 0.25) is 0 Å². The van der Waals surface area contributed by atoms with E-state index in [1.54, 1.807) is 32.3 Å². The fourth-order valence-electron chi connectivity index (χ4n) is 2.72. The summed E-state index contributed by atoms with van der Waals surface area (Å²) in [7, 11) is 0. The van der Waals surface area contributed by atoms with Crippen molar-refractivity contribution in [3.8, 4) is 11.1 Å². The molecule has 0 aliphatic carbocycles. The van der Waals surface area contributed by atoms with E-state index >= 15 is 0 Å². The number of rotatable bonds is 2. The molecule has 124 valence electrons. The van der Waals surface area contributed by atoms with Crippen LogP contribution in [0.3, 0.4) is 0 Å². The molecule has 2 heterocycles. The second kappa shape index (κ2) is 5.99. The number of hydrogen-bond acceptors (Lipinski definition) is 4. The van der Waals surface area contributed by atoms with Gasteiger partial charge in [0, 0.05) is 31.0 Å². The number of nitrogens with zero attached hydrogens (tertiary/aromatic N) is 3. The largest absolute Gasteiger partial charge is 0.352 e. The summed E-state index contributed by atoms with van der Waals surface area (Å²) in [6.45, 7) is 3.99. The van der Waals surface area contributed by atoms with Gasteiger partial charge in [-0.3, -0.25) is 9.59 Å². The third kappa shape index (κ3) is 2.73. The summed E-state index contributed by atoms with van der Waals surface area (Å²) in [6, 6.07) is 4.36. The number of nitrogens with one attached hydrogen (secondary N) is 1. The smallest absolute Gasteiger partial charge is 0.257 e. The lowest BCUT2D eigenvalue weighted by atomic mass is 9.97. The minimum atomic E-state index is -1.02. The molecule has 2 aromatic rings. The number of benzene rings is 1. The van der Waals surface area contributed by atoms with Crippen LogP contribution in [0.1, 0.15) is 24.2 Å². The second-order valence-corrected chi connectivity index (χ2v) is 6.09. The maximum atomic E-state index is 14.5. The van der Waals surface area contributed by atoms with E-state index < -0.39 is 17.3 Å². The van der Waals surface area contributed by atoms with E-state index in [0.29, 0.717) is 24.2 Å². The van der Waals surface area contributed by atoms with Gasteiger partial charge in [0.1, 0.15) is 17.7 Å². The molecule has 0 unspecified atom stereocenters. The summed E-state index contributed by atoms with van der Waals surface area (Å²) < 4.78 is 14.5. The van der Waals surface area contributed by atoms with Gasteiger partial charge in [0.05, 0.1) is 5.56 Å². The Kier molecular flexibility index (Phi) is 4.01. The fraction of sp³-hybridized carbons (Fsp3) is 0.294. The molecule has 0 radical (unpaired) electrons. The predicted octanol–water partition coefficient (Wildman–Crippen LogP) is 1.63. The highest BCUT2D eigenvalue weighted by atomic mass is 19.1. The third-order valence-corrected chi connectivity index (χ3v) is 4.19. The predicted molar refractivity (Wildman–Crippen MR) is 85.6 cm³/mol. The van der Waals surface area contributed by atoms with Crippen LogP contribution in [0, 0.1) is 5.82 Å². The van der Waals surface area contributed by atoms with Crippen LogP contribution >= 0.6 is 0 Å². The van der Waals surface area contributed by atoms with Crippen molar-refractivity contribution in [2.45, 2.75) is 19.4 Å². The average Bonchev–Trinajstić information content (AvgIpc) is 2.57. The van der Waals surface area contributed by atoms with Crippen molar-refractivity contribution in [1.29, 1.82) is 0 Å². The number of carbonyl (C=O) groups excluding carboxylic acids is 2. The zero-order valence-electron chi connectivity index (χ0n) is 13.4. The summed E-state index contributed by atoms with van der Waals surface area (Å²) in [5, 5.41) is 2.71. The lowest BCUT2D eigenvalue weighted by molar-refractivity contribution is -0.133. The normalized spacial score (nSPS) is 16.6. The van der Waals surface area contributed by atoms with E-state index in [2.05, 4.69) is 15.3 Å². The van der Waals surface area contributed by atoms with Crippen molar-refractivity contribution in [2.24, 2.45) is 0 Å². The summed E-state index contributed by atoms with van der Waals surface area (Å²) in [4.78, 5) is 33.9. The first kappa shape index (κ1) is 16.0. The molecule has 1 N–H and O–H groups in total. The molecule has 0 spiro atoms. The van der Waals surface area contributed by atoms with E-state index in [1.807, 2.05) is 0 Å². The van der Waals surface area contributed by atoms with Gasteiger partial charge in [0.15, 0.2) is 0 Å². The number of aromatic nitrogens is 2. The van der Waals surface area contributed by atoms with Crippen LogP contribution in [-0.4, -0.2) is 45.3 Å². The Bertz CT molecular complexity index is 792. The molecule has 1 fully saturated rings. The number of hydrogen-bond donors (Lipinski definition) is 1. The molecule has 0 saturated carbocycles. The van der Waals surface area contributed by atoms with Crippen molar-refractivity contribution < 1.29 is 14.0 Å². The molecule has 1 aromatic carbocycles. The minimum Gasteiger partial charge on any atom is -0.352 e. The monoisotopic (exact) mass is 328 g/mol. The van der Waals surface area contributed by atoms with E-state index in [9.17, 15) is 14.0 Å². The fourth-order valence-corrected chi connectivity index (χ4v) is 2.72. The first-order chi connectivity index (χ1) is 11.4. The van der Waals surface area contributed by atoms with E-state index in [1.165, 1.54) is 23.4 Å². The van der Waals surface area contributed by atoms with E-state index in [4.69, 9.17) is 0 Å². The van der Waals surface area contributed by atoms with E-state index in [0.717, 1.165) is 0 Å². The zero-order chi connectivity index (χ0) is 17.3. The van der Waals surface area contributed by atoms with Crippen molar-refractivity contribution in [3.63, 3.8) is 0 Å². The molecular formula is C17H17FN4O2. The Morgan fingerprint density at radius 1 is 1.25 bits per heavy atom. The molecule has 3 rings (SSSR count). The van der Waals surface area contributed by atoms with Crippen LogP contribution in [0.5, 0.6) is 0 Å². The molecule has 1 aromatic heterocycles. The average molecular weight is 328 g/mol. The Morgan fingerprint density at radius 3 is 2.62 bits per heavy atom. The molecule has 0 bridgehead atoms. The van der Waals surface area contributed by atoms with Crippen LogP contribution in [0.15, 0.2) is 36.9 Å². The topological polar surface area (TPSA) is 75.2 Å². The Labute approximate surface area is 138 Å². The maximum Gasteiger partial charge on any atom is 0.257 e. The highest BCUT2D eigenvalue weighted by Gasteiger charge is 2.41. The quantitative estimate of drug-likeness (QED) is 0.909. The van der Waals surface area contributed by atoms with Crippen molar-refractivity contribution in [3.05, 3.63) is 48.3 Å². The number of carbonyl (C=O) groups is 2. The van der Waals surface area contributed by atoms with Gasteiger partial charge in [-0.2, -0.15) is 0 Å². The standard InChI is InChI=1S/C17H17FN4O2/c1-17(2)16(24)21-5-6-22(17)15(23)13-4-3-11(7-14(13)18)12-8-19-10-20-9-12/h3-4,7-10H,5-6H2,1-2H3,(H,21,24). The van der Waals surface area contributed by atoms with Crippen molar-refractivity contribution in [2.75, 3.05) is 13.1 Å². The second-order valence-electron chi connectivity index (χ2n) is 6.09. The highest BCUT2D eigenvalue weighted by molar-refractivity contribution is 6.00. The molecule has 0 atom stereocenters. The first-order valence-corrected chi connectivity index (χ1v) is 7.56. The van der Waals surface area contributed by atoms with Gasteiger partial charge in [-0.15, -0.1) is 0 Å². The molecule has 7 heteroatoms. The Morgan fingerprint density at radius 2 is 1.96 bits per heavy atom. The molecule has 2 amide bonds. The molecule has 1 aliphatic heterocycles. The first-order valence-electron chi connectivity index (χ1n) is 7.56. The van der Waals surface area contributed by atoms with Gasteiger partial charge in [0.25, 0.3) is 5.91 Å². The number of piperazine rings is 1. The number of amides is 2. The van der Waals surface area contributed by atoms with Crippen LogP contribution in [0.25, 0.3) is 11.1 Å². The summed E-state index contributed by atoms with van der Waals surface area (Å²) in [6.07, 6.45) is 4.53. The van der Waals surface area contributed by atoms with Gasteiger partial charge in [0.2, 0.25) is 5.91 Å². The lowest BCUT2D eigenvalue weighted by Crippen LogP contribution is -2.63. The highest BCUT2D eigenvalue weighted by Crippen LogP contribution is 2.25. The molecule has 1 aliphatic rings. The maximum absolute atomic E-state index is 14.5. The summed E-state index contributed by atoms with van der Waals surface area (Å²) in [5.74, 6) is -1.38. The molecular weight excluding hydrogens is 311 g/mol. The summed E-state index contributed by atoms with van der Waals surface area (Å²) >= 11 is 0. The van der Waals surface area contributed by atoms with Gasteiger partial charge in [-0.1, -0.05) is 6.07 Å². The Hall–Kier alpha value is -2.83. The summed E-state index contributed by atoms with van der Waals surface area (Å²) in [5.41, 5.74) is 0.167. The van der Waals surface area contributed by atoms with Crippen molar-refractivity contribution in [1.82, 2.24) is 20.2 Å². The van der Waals surface area contributed by atoms with Crippen molar-refractivity contribution >= 4 is 11.8 Å².